The minimum atomic E-state index is -0.912. The number of carbonyl (C=O) groups excluding carboxylic acids is 2. The first kappa shape index (κ1) is 15.8. The monoisotopic (exact) mass is 288 g/mol. The van der Waals surface area contributed by atoms with Crippen LogP contribution in [-0.4, -0.2) is 70.4 Å². The number of thioether (sulfide) groups is 1. The van der Waals surface area contributed by atoms with E-state index < -0.39 is 5.97 Å². The Morgan fingerprint density at radius 3 is 2.05 bits per heavy atom. The third kappa shape index (κ3) is 5.10. The minimum absolute atomic E-state index is 0.0200. The summed E-state index contributed by atoms with van der Waals surface area (Å²) in [6.07, 6.45) is 0. The summed E-state index contributed by atoms with van der Waals surface area (Å²) >= 11 is 1.10. The zero-order chi connectivity index (χ0) is 14.4. The second-order valence-electron chi connectivity index (χ2n) is 4.75. The zero-order valence-electron chi connectivity index (χ0n) is 11.3. The van der Waals surface area contributed by atoms with Crippen LogP contribution in [0.5, 0.6) is 0 Å². The molecule has 0 bridgehead atoms. The van der Waals surface area contributed by atoms with E-state index in [1.54, 1.807) is 9.80 Å². The Morgan fingerprint density at radius 1 is 1.05 bits per heavy atom. The molecule has 1 N–H and O–H groups in total. The molecule has 108 valence electrons. The van der Waals surface area contributed by atoms with Gasteiger partial charge in [-0.25, -0.2) is 0 Å². The van der Waals surface area contributed by atoms with Gasteiger partial charge in [0.2, 0.25) is 11.8 Å². The lowest BCUT2D eigenvalue weighted by atomic mass is 10.1. The maximum Gasteiger partial charge on any atom is 0.313 e. The molecule has 2 amide bonds. The number of aliphatic carboxylic acids is 1. The SMILES string of the molecule is CC(C)C(=O)N1CCN(C(=O)CSCC(=O)O)CC1. The van der Waals surface area contributed by atoms with Crippen LogP contribution >= 0.6 is 11.8 Å². The van der Waals surface area contributed by atoms with Gasteiger partial charge in [0.05, 0.1) is 11.5 Å². The van der Waals surface area contributed by atoms with Crippen molar-refractivity contribution in [3.63, 3.8) is 0 Å². The van der Waals surface area contributed by atoms with Gasteiger partial charge in [0.25, 0.3) is 0 Å². The summed E-state index contributed by atoms with van der Waals surface area (Å²) in [5.41, 5.74) is 0. The second kappa shape index (κ2) is 7.37. The van der Waals surface area contributed by atoms with Gasteiger partial charge in [0.1, 0.15) is 0 Å². The van der Waals surface area contributed by atoms with Gasteiger partial charge in [0, 0.05) is 32.1 Å². The molecule has 0 unspecified atom stereocenters. The number of hydrogen-bond acceptors (Lipinski definition) is 4. The Labute approximate surface area is 117 Å². The van der Waals surface area contributed by atoms with Gasteiger partial charge in [-0.15, -0.1) is 11.8 Å². The summed E-state index contributed by atoms with van der Waals surface area (Å²) in [6.45, 7) is 5.92. The molecule has 1 saturated heterocycles. The van der Waals surface area contributed by atoms with Crippen LogP contribution < -0.4 is 0 Å². The van der Waals surface area contributed by atoms with E-state index in [1.165, 1.54) is 0 Å². The van der Waals surface area contributed by atoms with Crippen LogP contribution in [0.2, 0.25) is 0 Å². The van der Waals surface area contributed by atoms with Crippen molar-refractivity contribution in [3.05, 3.63) is 0 Å². The molecule has 1 aliphatic rings. The van der Waals surface area contributed by atoms with Gasteiger partial charge < -0.3 is 14.9 Å². The molecule has 19 heavy (non-hydrogen) atoms. The van der Waals surface area contributed by atoms with Gasteiger partial charge in [-0.2, -0.15) is 0 Å². The molecule has 0 saturated carbocycles. The van der Waals surface area contributed by atoms with Crippen molar-refractivity contribution in [2.45, 2.75) is 13.8 Å². The van der Waals surface area contributed by atoms with Crippen molar-refractivity contribution in [2.24, 2.45) is 5.92 Å². The van der Waals surface area contributed by atoms with Crippen LogP contribution in [-0.2, 0) is 14.4 Å². The molecule has 0 spiro atoms. The Morgan fingerprint density at radius 2 is 1.58 bits per heavy atom. The van der Waals surface area contributed by atoms with Crippen LogP contribution in [0.4, 0.5) is 0 Å². The van der Waals surface area contributed by atoms with Crippen molar-refractivity contribution in [3.8, 4) is 0 Å². The first-order valence-corrected chi connectivity index (χ1v) is 7.43. The van der Waals surface area contributed by atoms with Crippen molar-refractivity contribution in [2.75, 3.05) is 37.7 Å². The van der Waals surface area contributed by atoms with Crippen molar-refractivity contribution >= 4 is 29.5 Å². The van der Waals surface area contributed by atoms with Crippen LogP contribution in [0.1, 0.15) is 13.8 Å². The summed E-state index contributed by atoms with van der Waals surface area (Å²) in [5, 5.41) is 8.49. The smallest absolute Gasteiger partial charge is 0.313 e. The van der Waals surface area contributed by atoms with Gasteiger partial charge >= 0.3 is 5.97 Å². The summed E-state index contributed by atoms with van der Waals surface area (Å²) in [6, 6.07) is 0. The first-order chi connectivity index (χ1) is 8.91. The highest BCUT2D eigenvalue weighted by atomic mass is 32.2. The minimum Gasteiger partial charge on any atom is -0.481 e. The molecule has 7 heteroatoms. The fourth-order valence-corrected chi connectivity index (χ4v) is 2.49. The Hall–Kier alpha value is -1.24. The molecule has 1 heterocycles. The van der Waals surface area contributed by atoms with E-state index in [0.717, 1.165) is 11.8 Å². The predicted octanol–water partition coefficient (Wildman–Crippen LogP) is 0.131. The number of carboxylic acids is 1. The summed E-state index contributed by atoms with van der Waals surface area (Å²) in [7, 11) is 0. The Bertz CT molecular complexity index is 352. The summed E-state index contributed by atoms with van der Waals surface area (Å²) in [4.78, 5) is 37.4. The fraction of sp³-hybridized carbons (Fsp3) is 0.750. The maximum atomic E-state index is 11.8. The number of hydrogen-bond donors (Lipinski definition) is 1. The lowest BCUT2D eigenvalue weighted by Gasteiger charge is -2.35. The zero-order valence-corrected chi connectivity index (χ0v) is 12.1. The van der Waals surface area contributed by atoms with Gasteiger partial charge in [0.15, 0.2) is 0 Å². The second-order valence-corrected chi connectivity index (χ2v) is 5.73. The molecule has 1 aliphatic heterocycles. The van der Waals surface area contributed by atoms with Crippen LogP contribution in [0, 0.1) is 5.92 Å². The largest absolute Gasteiger partial charge is 0.481 e. The van der Waals surface area contributed by atoms with Crippen LogP contribution in [0.3, 0.4) is 0 Å². The molecule has 1 fully saturated rings. The van der Waals surface area contributed by atoms with Crippen LogP contribution in [0.25, 0.3) is 0 Å². The predicted molar refractivity (Wildman–Crippen MR) is 73.0 cm³/mol. The normalized spacial score (nSPS) is 15.7. The lowest BCUT2D eigenvalue weighted by Crippen LogP contribution is -2.52. The number of nitrogens with zero attached hydrogens (tertiary/aromatic N) is 2. The molecule has 0 aliphatic carbocycles. The highest BCUT2D eigenvalue weighted by Gasteiger charge is 2.25. The van der Waals surface area contributed by atoms with Crippen molar-refractivity contribution < 1.29 is 19.5 Å². The average molecular weight is 288 g/mol. The third-order valence-corrected chi connectivity index (χ3v) is 3.79. The highest BCUT2D eigenvalue weighted by Crippen LogP contribution is 2.09. The summed E-state index contributed by atoms with van der Waals surface area (Å²) < 4.78 is 0. The number of rotatable bonds is 5. The van der Waals surface area contributed by atoms with Gasteiger partial charge in [-0.1, -0.05) is 13.8 Å². The van der Waals surface area contributed by atoms with E-state index in [1.807, 2.05) is 13.8 Å². The van der Waals surface area contributed by atoms with Crippen molar-refractivity contribution in [1.29, 1.82) is 0 Å². The third-order valence-electron chi connectivity index (χ3n) is 2.89. The molecule has 0 aromatic carbocycles. The molecular weight excluding hydrogens is 268 g/mol. The van der Waals surface area contributed by atoms with E-state index in [0.29, 0.717) is 26.2 Å². The molecule has 0 aromatic heterocycles. The molecule has 1 rings (SSSR count). The summed E-state index contributed by atoms with van der Waals surface area (Å²) in [5.74, 6) is -0.740. The number of amides is 2. The Kier molecular flexibility index (Phi) is 6.14. The topological polar surface area (TPSA) is 77.9 Å². The molecule has 0 radical (unpaired) electrons. The van der Waals surface area contributed by atoms with Crippen molar-refractivity contribution in [1.82, 2.24) is 9.80 Å². The van der Waals surface area contributed by atoms with E-state index in [2.05, 4.69) is 0 Å². The van der Waals surface area contributed by atoms with E-state index in [4.69, 9.17) is 5.11 Å². The highest BCUT2D eigenvalue weighted by molar-refractivity contribution is 8.00. The van der Waals surface area contributed by atoms with Gasteiger partial charge in [-0.3, -0.25) is 14.4 Å². The Balaban J connectivity index is 2.31. The number of carbonyl (C=O) groups is 3. The molecular formula is C12H20N2O4S. The number of carboxylic acid groups (broad SMARTS) is 1. The standard InChI is InChI=1S/C12H20N2O4S/c1-9(2)12(18)14-5-3-13(4-6-14)10(15)7-19-8-11(16)17/h9H,3-8H2,1-2H3,(H,16,17). The van der Waals surface area contributed by atoms with Gasteiger partial charge in [-0.05, 0) is 0 Å². The van der Waals surface area contributed by atoms with Crippen LogP contribution in [0.15, 0.2) is 0 Å². The number of piperazine rings is 1. The molecule has 6 nitrogen and oxygen atoms in total. The quantitative estimate of drug-likeness (QED) is 0.778. The fourth-order valence-electron chi connectivity index (χ4n) is 1.86. The lowest BCUT2D eigenvalue weighted by molar-refractivity contribution is -0.140. The molecule has 0 aromatic rings. The van der Waals surface area contributed by atoms with E-state index >= 15 is 0 Å². The molecule has 0 atom stereocenters. The first-order valence-electron chi connectivity index (χ1n) is 6.28. The average Bonchev–Trinajstić information content (AvgIpc) is 2.37. The van der Waals surface area contributed by atoms with E-state index in [-0.39, 0.29) is 29.2 Å². The van der Waals surface area contributed by atoms with E-state index in [9.17, 15) is 14.4 Å². The maximum absolute atomic E-state index is 11.8.